The van der Waals surface area contributed by atoms with E-state index in [0.717, 1.165) is 35.0 Å². The van der Waals surface area contributed by atoms with Gasteiger partial charge in [-0.2, -0.15) is 0 Å². The van der Waals surface area contributed by atoms with E-state index in [4.69, 9.17) is 0 Å². The van der Waals surface area contributed by atoms with Crippen LogP contribution in [0.25, 0.3) is 10.9 Å². The average Bonchev–Trinajstić information content (AvgIpc) is 3.28. The van der Waals surface area contributed by atoms with Crippen molar-refractivity contribution >= 4 is 16.8 Å². The van der Waals surface area contributed by atoms with Crippen molar-refractivity contribution < 1.29 is 9.18 Å². The highest BCUT2D eigenvalue weighted by atomic mass is 19.1. The number of aromatic nitrogens is 1. The topological polar surface area (TPSA) is 34.0 Å². The number of hydrogen-bond donors (Lipinski definition) is 1. The number of hydrogen-bond acceptors (Lipinski definition) is 1. The van der Waals surface area contributed by atoms with Crippen LogP contribution in [0.3, 0.4) is 0 Å². The van der Waals surface area contributed by atoms with Crippen molar-refractivity contribution in [3.05, 3.63) is 143 Å². The minimum Gasteiger partial charge on any atom is -0.356 e. The fraction of sp³-hybridized carbons (Fsp3) is 0.182. The summed E-state index contributed by atoms with van der Waals surface area (Å²) in [6.07, 6.45) is 3.23. The number of benzene rings is 4. The van der Waals surface area contributed by atoms with E-state index < -0.39 is 0 Å². The normalized spacial score (nSPS) is 11.9. The van der Waals surface area contributed by atoms with E-state index in [0.29, 0.717) is 13.0 Å². The summed E-state index contributed by atoms with van der Waals surface area (Å²) in [6.45, 7) is 3.40. The first-order chi connectivity index (χ1) is 18.1. The quantitative estimate of drug-likeness (QED) is 0.237. The predicted molar refractivity (Wildman–Crippen MR) is 148 cm³/mol. The zero-order valence-electron chi connectivity index (χ0n) is 21.0. The molecule has 5 aromatic rings. The number of carbonyl (C=O) groups excluding carboxylic acids is 1. The van der Waals surface area contributed by atoms with Crippen LogP contribution in [-0.2, 0) is 17.8 Å². The van der Waals surface area contributed by atoms with Crippen molar-refractivity contribution in [1.29, 1.82) is 0 Å². The Hall–Kier alpha value is -4.18. The summed E-state index contributed by atoms with van der Waals surface area (Å²) in [7, 11) is 0. The zero-order chi connectivity index (χ0) is 25.6. The molecule has 0 radical (unpaired) electrons. The van der Waals surface area contributed by atoms with E-state index in [9.17, 15) is 9.18 Å². The molecule has 5 rings (SSSR count). The van der Waals surface area contributed by atoms with Gasteiger partial charge in [0.05, 0.1) is 0 Å². The minimum atomic E-state index is -0.281. The Morgan fingerprint density at radius 3 is 2.30 bits per heavy atom. The maximum Gasteiger partial charge on any atom is 0.220 e. The Labute approximate surface area is 217 Å². The molecule has 1 amide bonds. The molecule has 1 unspecified atom stereocenters. The van der Waals surface area contributed by atoms with Gasteiger partial charge in [0, 0.05) is 42.5 Å². The molecule has 1 aromatic heterocycles. The summed E-state index contributed by atoms with van der Waals surface area (Å²) < 4.78 is 16.0. The first-order valence-electron chi connectivity index (χ1n) is 12.8. The fourth-order valence-electron chi connectivity index (χ4n) is 4.92. The van der Waals surface area contributed by atoms with Crippen LogP contribution in [0.1, 0.15) is 40.2 Å². The van der Waals surface area contributed by atoms with E-state index in [1.165, 1.54) is 28.8 Å². The molecule has 1 heterocycles. The van der Waals surface area contributed by atoms with E-state index >= 15 is 0 Å². The monoisotopic (exact) mass is 490 g/mol. The second kappa shape index (κ2) is 11.3. The second-order valence-corrected chi connectivity index (χ2v) is 9.61. The predicted octanol–water partition coefficient (Wildman–Crippen LogP) is 7.02. The maximum atomic E-state index is 13.8. The number of halogens is 1. The van der Waals surface area contributed by atoms with Gasteiger partial charge in [0.1, 0.15) is 5.82 Å². The number of nitrogens with zero attached hydrogens (tertiary/aromatic N) is 1. The molecule has 0 aliphatic heterocycles. The summed E-state index contributed by atoms with van der Waals surface area (Å²) in [4.78, 5) is 13.1. The standard InChI is InChI=1S/C33H31FN2O/c1-24-11-13-26(14-12-24)22-36-23-31(29-9-5-6-10-32(29)36)30(27-15-17-28(34)18-16-27)21-33(37)35-20-19-25-7-3-2-4-8-25/h2-18,23,30H,19-22H2,1H3,(H,35,37). The highest BCUT2D eigenvalue weighted by Gasteiger charge is 2.23. The van der Waals surface area contributed by atoms with E-state index in [2.05, 4.69) is 71.5 Å². The van der Waals surface area contributed by atoms with Gasteiger partial charge in [0.2, 0.25) is 5.91 Å². The first kappa shape index (κ1) is 24.5. The van der Waals surface area contributed by atoms with Crippen molar-refractivity contribution in [3.8, 4) is 0 Å². The lowest BCUT2D eigenvalue weighted by molar-refractivity contribution is -0.121. The van der Waals surface area contributed by atoms with Gasteiger partial charge in [0.15, 0.2) is 0 Å². The lowest BCUT2D eigenvalue weighted by Gasteiger charge is -2.17. The van der Waals surface area contributed by atoms with Crippen molar-refractivity contribution in [2.45, 2.75) is 32.2 Å². The molecule has 0 saturated carbocycles. The SMILES string of the molecule is Cc1ccc(Cn2cc(C(CC(=O)NCCc3ccccc3)c3ccc(F)cc3)c3ccccc32)cc1. The van der Waals surface area contributed by atoms with Gasteiger partial charge in [-0.3, -0.25) is 4.79 Å². The highest BCUT2D eigenvalue weighted by molar-refractivity contribution is 5.86. The smallest absolute Gasteiger partial charge is 0.220 e. The van der Waals surface area contributed by atoms with Crippen molar-refractivity contribution in [1.82, 2.24) is 9.88 Å². The number of fused-ring (bicyclic) bond motifs is 1. The summed E-state index contributed by atoms with van der Waals surface area (Å²) in [6, 6.07) is 33.5. The average molecular weight is 491 g/mol. The van der Waals surface area contributed by atoms with Crippen molar-refractivity contribution in [2.24, 2.45) is 0 Å². The molecule has 3 nitrogen and oxygen atoms in total. The maximum absolute atomic E-state index is 13.8. The molecule has 1 atom stereocenters. The molecule has 1 N–H and O–H groups in total. The van der Waals surface area contributed by atoms with Crippen LogP contribution in [-0.4, -0.2) is 17.0 Å². The number of amides is 1. The van der Waals surface area contributed by atoms with Gasteiger partial charge in [-0.15, -0.1) is 0 Å². The molecule has 4 heteroatoms. The van der Waals surface area contributed by atoms with E-state index in [-0.39, 0.29) is 17.6 Å². The molecule has 0 aliphatic rings. The number of rotatable bonds is 9. The van der Waals surface area contributed by atoms with Crippen LogP contribution in [0.5, 0.6) is 0 Å². The van der Waals surface area contributed by atoms with Crippen LogP contribution in [0.15, 0.2) is 109 Å². The van der Waals surface area contributed by atoms with E-state index in [1.54, 1.807) is 12.1 Å². The molecule has 186 valence electrons. The van der Waals surface area contributed by atoms with Gasteiger partial charge in [-0.1, -0.05) is 90.5 Å². The largest absolute Gasteiger partial charge is 0.356 e. The Kier molecular flexibility index (Phi) is 7.46. The summed E-state index contributed by atoms with van der Waals surface area (Å²) >= 11 is 0. The zero-order valence-corrected chi connectivity index (χ0v) is 21.0. The number of para-hydroxylation sites is 1. The lowest BCUT2D eigenvalue weighted by atomic mass is 9.88. The van der Waals surface area contributed by atoms with Crippen molar-refractivity contribution in [2.75, 3.05) is 6.54 Å². The Morgan fingerprint density at radius 1 is 0.838 bits per heavy atom. The molecule has 0 aliphatic carbocycles. The third-order valence-electron chi connectivity index (χ3n) is 6.91. The van der Waals surface area contributed by atoms with Gasteiger partial charge in [-0.05, 0) is 53.8 Å². The van der Waals surface area contributed by atoms with Crippen LogP contribution in [0, 0.1) is 12.7 Å². The highest BCUT2D eigenvalue weighted by Crippen LogP contribution is 2.35. The van der Waals surface area contributed by atoms with Gasteiger partial charge >= 0.3 is 0 Å². The molecule has 0 fully saturated rings. The van der Waals surface area contributed by atoms with Gasteiger partial charge < -0.3 is 9.88 Å². The van der Waals surface area contributed by atoms with Crippen molar-refractivity contribution in [3.63, 3.8) is 0 Å². The Balaban J connectivity index is 1.44. The van der Waals surface area contributed by atoms with Crippen LogP contribution < -0.4 is 5.32 Å². The number of nitrogens with one attached hydrogen (secondary N) is 1. The summed E-state index contributed by atoms with van der Waals surface area (Å²) in [5.41, 5.74) is 6.77. The molecule has 37 heavy (non-hydrogen) atoms. The molecular formula is C33H31FN2O. The summed E-state index contributed by atoms with van der Waals surface area (Å²) in [5, 5.41) is 4.20. The lowest BCUT2D eigenvalue weighted by Crippen LogP contribution is -2.27. The third kappa shape index (κ3) is 5.97. The second-order valence-electron chi connectivity index (χ2n) is 9.61. The molecule has 0 bridgehead atoms. The Morgan fingerprint density at radius 2 is 1.54 bits per heavy atom. The van der Waals surface area contributed by atoms with Crippen LogP contribution >= 0.6 is 0 Å². The van der Waals surface area contributed by atoms with Gasteiger partial charge in [-0.25, -0.2) is 4.39 Å². The fourth-order valence-corrected chi connectivity index (χ4v) is 4.92. The van der Waals surface area contributed by atoms with Gasteiger partial charge in [0.25, 0.3) is 0 Å². The molecular weight excluding hydrogens is 459 g/mol. The molecule has 0 saturated heterocycles. The minimum absolute atomic E-state index is 0.0133. The Bertz CT molecular complexity index is 1470. The number of aryl methyl sites for hydroxylation is 1. The van der Waals surface area contributed by atoms with Crippen LogP contribution in [0.4, 0.5) is 4.39 Å². The molecule has 4 aromatic carbocycles. The third-order valence-corrected chi connectivity index (χ3v) is 6.91. The van der Waals surface area contributed by atoms with Crippen LogP contribution in [0.2, 0.25) is 0 Å². The van der Waals surface area contributed by atoms with E-state index in [1.807, 2.05) is 30.3 Å². The molecule has 0 spiro atoms. The number of carbonyl (C=O) groups is 1. The summed E-state index contributed by atoms with van der Waals surface area (Å²) in [5.74, 6) is -0.487. The first-order valence-corrected chi connectivity index (χ1v) is 12.8.